The molecule has 6 nitrogen and oxygen atoms in total. The van der Waals surface area contributed by atoms with Gasteiger partial charge in [-0.15, -0.1) is 0 Å². The fourth-order valence-electron chi connectivity index (χ4n) is 1.97. The second kappa shape index (κ2) is 6.09. The molecule has 0 aliphatic rings. The lowest BCUT2D eigenvalue weighted by molar-refractivity contribution is 0.0386. The second-order valence-corrected chi connectivity index (χ2v) is 7.32. The summed E-state index contributed by atoms with van der Waals surface area (Å²) in [5.74, 6) is 0. The number of hydrogen-bond donors (Lipinski definition) is 3. The third-order valence-corrected chi connectivity index (χ3v) is 4.34. The van der Waals surface area contributed by atoms with Crippen LogP contribution in [0.3, 0.4) is 0 Å². The minimum absolute atomic E-state index is 0.0677. The lowest BCUT2D eigenvalue weighted by Crippen LogP contribution is -2.47. The van der Waals surface area contributed by atoms with E-state index in [0.717, 1.165) is 0 Å². The minimum Gasteiger partial charge on any atom is -0.399 e. The summed E-state index contributed by atoms with van der Waals surface area (Å²) >= 11 is 0. The van der Waals surface area contributed by atoms with Crippen molar-refractivity contribution in [3.05, 3.63) is 23.8 Å². The van der Waals surface area contributed by atoms with Crippen LogP contribution in [-0.4, -0.2) is 51.2 Å². The predicted molar refractivity (Wildman–Crippen MR) is 80.0 cm³/mol. The summed E-state index contributed by atoms with van der Waals surface area (Å²) in [4.78, 5) is 1.93. The van der Waals surface area contributed by atoms with Gasteiger partial charge in [0.2, 0.25) is 10.0 Å². The highest BCUT2D eigenvalue weighted by atomic mass is 32.2. The van der Waals surface area contributed by atoms with Crippen LogP contribution in [0.1, 0.15) is 12.5 Å². The van der Waals surface area contributed by atoms with Gasteiger partial charge >= 0.3 is 0 Å². The molecule has 114 valence electrons. The van der Waals surface area contributed by atoms with Crippen molar-refractivity contribution in [3.63, 3.8) is 0 Å². The fourth-order valence-corrected chi connectivity index (χ4v) is 3.41. The maximum Gasteiger partial charge on any atom is 0.241 e. The molecule has 0 aliphatic carbocycles. The molecule has 1 aromatic rings. The molecule has 0 heterocycles. The third-order valence-electron chi connectivity index (χ3n) is 2.80. The summed E-state index contributed by atoms with van der Waals surface area (Å²) in [6.45, 7) is 3.57. The van der Waals surface area contributed by atoms with Crippen molar-refractivity contribution in [1.82, 2.24) is 9.62 Å². The number of anilines is 1. The van der Waals surface area contributed by atoms with E-state index in [-0.39, 0.29) is 11.4 Å². The Labute approximate surface area is 120 Å². The Bertz CT molecular complexity index is 568. The van der Waals surface area contributed by atoms with E-state index in [0.29, 0.717) is 17.8 Å². The maximum atomic E-state index is 12.2. The van der Waals surface area contributed by atoms with E-state index in [9.17, 15) is 13.5 Å². The van der Waals surface area contributed by atoms with Gasteiger partial charge in [0.25, 0.3) is 0 Å². The molecule has 7 heteroatoms. The number of nitrogens with one attached hydrogen (secondary N) is 1. The van der Waals surface area contributed by atoms with Gasteiger partial charge < -0.3 is 15.7 Å². The number of likely N-dealkylation sites (N-methyl/N-ethyl adjacent to an activating group) is 1. The molecule has 1 atom stereocenters. The monoisotopic (exact) mass is 301 g/mol. The molecule has 0 aromatic heterocycles. The number of hydrogen-bond acceptors (Lipinski definition) is 5. The number of nitrogens with zero attached hydrogens (tertiary/aromatic N) is 1. The van der Waals surface area contributed by atoms with Crippen LogP contribution in [0.15, 0.2) is 23.1 Å². The van der Waals surface area contributed by atoms with Gasteiger partial charge in [-0.2, -0.15) is 0 Å². The van der Waals surface area contributed by atoms with Gasteiger partial charge in [0.1, 0.15) is 0 Å². The second-order valence-electron chi connectivity index (χ2n) is 5.58. The zero-order valence-corrected chi connectivity index (χ0v) is 13.2. The van der Waals surface area contributed by atoms with Gasteiger partial charge in [-0.3, -0.25) is 0 Å². The average Bonchev–Trinajstić information content (AvgIpc) is 2.28. The topological polar surface area (TPSA) is 95.7 Å². The Morgan fingerprint density at radius 2 is 2.00 bits per heavy atom. The van der Waals surface area contributed by atoms with E-state index >= 15 is 0 Å². The molecule has 0 amide bonds. The smallest absolute Gasteiger partial charge is 0.241 e. The van der Waals surface area contributed by atoms with E-state index in [1.807, 2.05) is 14.1 Å². The molecular formula is C13H23N3O3S. The standard InChI is InChI=1S/C13H23N3O3S/c1-10-5-6-11(14)7-12(10)20(18,19)15-8-13(2,17)9-16(3)4/h5-7,15,17H,8-9,14H2,1-4H3. The van der Waals surface area contributed by atoms with Gasteiger partial charge in [-0.25, -0.2) is 13.1 Å². The van der Waals surface area contributed by atoms with Crippen LogP contribution in [0, 0.1) is 6.92 Å². The van der Waals surface area contributed by atoms with Crippen molar-refractivity contribution in [1.29, 1.82) is 0 Å². The highest BCUT2D eigenvalue weighted by Crippen LogP contribution is 2.18. The molecule has 1 rings (SSSR count). The molecule has 0 saturated carbocycles. The number of benzene rings is 1. The van der Waals surface area contributed by atoms with Gasteiger partial charge in [0, 0.05) is 18.8 Å². The summed E-state index contributed by atoms with van der Waals surface area (Å²) in [7, 11) is -0.0699. The number of rotatable bonds is 6. The molecule has 4 N–H and O–H groups in total. The molecular weight excluding hydrogens is 278 g/mol. The molecule has 0 saturated heterocycles. The van der Waals surface area contributed by atoms with E-state index in [1.165, 1.54) is 6.07 Å². The van der Waals surface area contributed by atoms with Crippen LogP contribution in [0.2, 0.25) is 0 Å². The van der Waals surface area contributed by atoms with E-state index in [1.54, 1.807) is 30.9 Å². The normalized spacial score (nSPS) is 15.3. The first kappa shape index (κ1) is 16.9. The van der Waals surface area contributed by atoms with Gasteiger partial charge in [-0.1, -0.05) is 6.07 Å². The quantitative estimate of drug-likeness (QED) is 0.651. The predicted octanol–water partition coefficient (Wildman–Crippen LogP) is 0.168. The Kier molecular flexibility index (Phi) is 5.15. The van der Waals surface area contributed by atoms with E-state index in [4.69, 9.17) is 5.73 Å². The Balaban J connectivity index is 2.88. The minimum atomic E-state index is -3.69. The Morgan fingerprint density at radius 1 is 1.40 bits per heavy atom. The summed E-state index contributed by atoms with van der Waals surface area (Å²) in [6, 6.07) is 4.72. The Hall–Kier alpha value is -1.15. The molecule has 0 spiro atoms. The van der Waals surface area contributed by atoms with Crippen LogP contribution in [0.25, 0.3) is 0 Å². The summed E-state index contributed by atoms with van der Waals surface area (Å²) in [5.41, 5.74) is 5.47. The molecule has 0 bridgehead atoms. The molecule has 1 unspecified atom stereocenters. The fraction of sp³-hybridized carbons (Fsp3) is 0.538. The van der Waals surface area contributed by atoms with Crippen molar-refractivity contribution in [2.75, 3.05) is 32.9 Å². The highest BCUT2D eigenvalue weighted by molar-refractivity contribution is 7.89. The molecule has 0 aliphatic heterocycles. The third kappa shape index (κ3) is 4.75. The number of sulfonamides is 1. The largest absolute Gasteiger partial charge is 0.399 e. The molecule has 0 fully saturated rings. The van der Waals surface area contributed by atoms with Gasteiger partial charge in [0.05, 0.1) is 10.5 Å². The highest BCUT2D eigenvalue weighted by Gasteiger charge is 2.25. The van der Waals surface area contributed by atoms with E-state index < -0.39 is 15.6 Å². The van der Waals surface area contributed by atoms with Crippen LogP contribution in [0.4, 0.5) is 5.69 Å². The van der Waals surface area contributed by atoms with Gasteiger partial charge in [0.15, 0.2) is 0 Å². The number of nitrogen functional groups attached to an aromatic ring is 1. The van der Waals surface area contributed by atoms with E-state index in [2.05, 4.69) is 4.72 Å². The SMILES string of the molecule is Cc1ccc(N)cc1S(=O)(=O)NCC(C)(O)CN(C)C. The average molecular weight is 301 g/mol. The number of nitrogens with two attached hydrogens (primary N) is 1. The summed E-state index contributed by atoms with van der Waals surface area (Å²) in [6.07, 6.45) is 0. The molecule has 0 radical (unpaired) electrons. The molecule has 1 aromatic carbocycles. The lowest BCUT2D eigenvalue weighted by atomic mass is 10.1. The maximum absolute atomic E-state index is 12.2. The van der Waals surface area contributed by atoms with Crippen molar-refractivity contribution in [2.45, 2.75) is 24.3 Å². The van der Waals surface area contributed by atoms with Crippen LogP contribution < -0.4 is 10.5 Å². The van der Waals surface area contributed by atoms with Crippen molar-refractivity contribution in [2.24, 2.45) is 0 Å². The van der Waals surface area contributed by atoms with Crippen LogP contribution >= 0.6 is 0 Å². The summed E-state index contributed by atoms with van der Waals surface area (Å²) in [5, 5.41) is 10.1. The van der Waals surface area contributed by atoms with Crippen LogP contribution in [0.5, 0.6) is 0 Å². The first-order valence-corrected chi connectivity index (χ1v) is 7.75. The zero-order valence-electron chi connectivity index (χ0n) is 12.3. The van der Waals surface area contributed by atoms with Gasteiger partial charge in [-0.05, 0) is 45.6 Å². The first-order valence-electron chi connectivity index (χ1n) is 6.26. The van der Waals surface area contributed by atoms with Crippen molar-refractivity contribution in [3.8, 4) is 0 Å². The van der Waals surface area contributed by atoms with Crippen molar-refractivity contribution < 1.29 is 13.5 Å². The Morgan fingerprint density at radius 3 is 2.55 bits per heavy atom. The summed E-state index contributed by atoms with van der Waals surface area (Å²) < 4.78 is 26.9. The number of aliphatic hydroxyl groups is 1. The zero-order chi connectivity index (χ0) is 15.6. The first-order chi connectivity index (χ1) is 9.03. The van der Waals surface area contributed by atoms with Crippen molar-refractivity contribution >= 4 is 15.7 Å². The molecule has 20 heavy (non-hydrogen) atoms. The van der Waals surface area contributed by atoms with Crippen LogP contribution in [-0.2, 0) is 10.0 Å². The lowest BCUT2D eigenvalue weighted by Gasteiger charge is -2.27. The number of aryl methyl sites for hydroxylation is 1.